The van der Waals surface area contributed by atoms with Crippen molar-refractivity contribution >= 4 is 11.9 Å². The number of hydrogen-bond donors (Lipinski definition) is 0. The van der Waals surface area contributed by atoms with Crippen molar-refractivity contribution in [3.63, 3.8) is 0 Å². The predicted molar refractivity (Wildman–Crippen MR) is 113 cm³/mol. The van der Waals surface area contributed by atoms with E-state index in [1.165, 1.54) is 0 Å². The molecule has 8 nitrogen and oxygen atoms in total. The molecule has 2 fully saturated rings. The van der Waals surface area contributed by atoms with Gasteiger partial charge in [-0.1, -0.05) is 25.7 Å². The second kappa shape index (κ2) is 16.5. The Morgan fingerprint density at radius 3 is 1.37 bits per heavy atom. The number of ether oxygens (including phenoxy) is 4. The van der Waals surface area contributed by atoms with E-state index in [-0.39, 0.29) is 11.9 Å². The van der Waals surface area contributed by atoms with E-state index in [2.05, 4.69) is 9.80 Å². The van der Waals surface area contributed by atoms with Gasteiger partial charge in [-0.15, -0.1) is 0 Å². The smallest absolute Gasteiger partial charge is 0.305 e. The number of hydrogen-bond acceptors (Lipinski definition) is 8. The molecule has 2 rings (SSSR count). The molecule has 0 bridgehead atoms. The quantitative estimate of drug-likeness (QED) is 0.289. The first kappa shape index (κ1) is 25.0. The highest BCUT2D eigenvalue weighted by Gasteiger charge is 2.12. The lowest BCUT2D eigenvalue weighted by atomic mass is 10.1. The Labute approximate surface area is 181 Å². The summed E-state index contributed by atoms with van der Waals surface area (Å²) in [6.45, 7) is 9.29. The first-order valence-corrected chi connectivity index (χ1v) is 11.7. The Morgan fingerprint density at radius 2 is 0.967 bits per heavy atom. The molecule has 2 aliphatic heterocycles. The lowest BCUT2D eigenvalue weighted by molar-refractivity contribution is -0.145. The standard InChI is InChI=1S/C22H40N2O6/c25-21(29-19-13-23-9-15-27-16-10-23)7-5-3-1-2-4-6-8-22(26)30-20-14-24-11-17-28-18-12-24/h1-20H2. The maximum atomic E-state index is 11.8. The highest BCUT2D eigenvalue weighted by Crippen LogP contribution is 2.10. The molecule has 0 spiro atoms. The second-order valence-corrected chi connectivity index (χ2v) is 7.97. The van der Waals surface area contributed by atoms with E-state index in [1.807, 2.05) is 0 Å². The van der Waals surface area contributed by atoms with Gasteiger partial charge in [-0.2, -0.15) is 0 Å². The molecule has 0 amide bonds. The van der Waals surface area contributed by atoms with Crippen LogP contribution in [0, 0.1) is 0 Å². The Bertz CT molecular complexity index is 423. The normalized spacial score (nSPS) is 18.3. The summed E-state index contributed by atoms with van der Waals surface area (Å²) in [5, 5.41) is 0. The van der Waals surface area contributed by atoms with Crippen LogP contribution < -0.4 is 0 Å². The van der Waals surface area contributed by atoms with E-state index >= 15 is 0 Å². The Balaban J connectivity index is 1.30. The summed E-state index contributed by atoms with van der Waals surface area (Å²) in [4.78, 5) is 28.0. The molecule has 0 aliphatic carbocycles. The van der Waals surface area contributed by atoms with Gasteiger partial charge in [0.1, 0.15) is 13.2 Å². The van der Waals surface area contributed by atoms with Crippen molar-refractivity contribution in [3.8, 4) is 0 Å². The van der Waals surface area contributed by atoms with E-state index < -0.39 is 0 Å². The van der Waals surface area contributed by atoms with Gasteiger partial charge in [0, 0.05) is 52.1 Å². The summed E-state index contributed by atoms with van der Waals surface area (Å²) in [5.74, 6) is -0.189. The number of unbranched alkanes of at least 4 members (excludes halogenated alkanes) is 5. The number of carbonyl (C=O) groups is 2. The molecule has 2 saturated heterocycles. The van der Waals surface area contributed by atoms with E-state index in [0.29, 0.717) is 26.1 Å². The molecule has 0 atom stereocenters. The van der Waals surface area contributed by atoms with Crippen LogP contribution in [0.5, 0.6) is 0 Å². The van der Waals surface area contributed by atoms with Crippen LogP contribution in [0.2, 0.25) is 0 Å². The SMILES string of the molecule is O=C(CCCCCCCCC(=O)OCCN1CCOCC1)OCCN1CCOCC1. The van der Waals surface area contributed by atoms with Gasteiger partial charge in [-0.05, 0) is 12.8 Å². The molecule has 0 saturated carbocycles. The summed E-state index contributed by atoms with van der Waals surface area (Å²) in [7, 11) is 0. The topological polar surface area (TPSA) is 77.5 Å². The van der Waals surface area contributed by atoms with Crippen LogP contribution in [0.4, 0.5) is 0 Å². The van der Waals surface area contributed by atoms with Crippen LogP contribution in [-0.4, -0.2) is 101 Å². The number of morpholine rings is 2. The first-order valence-electron chi connectivity index (χ1n) is 11.7. The van der Waals surface area contributed by atoms with Crippen LogP contribution in [0.25, 0.3) is 0 Å². The van der Waals surface area contributed by atoms with Gasteiger partial charge in [0.05, 0.1) is 26.4 Å². The summed E-state index contributed by atoms with van der Waals surface area (Å²) in [6.07, 6.45) is 6.99. The molecular formula is C22H40N2O6. The van der Waals surface area contributed by atoms with Crippen molar-refractivity contribution in [2.75, 3.05) is 78.9 Å². The molecule has 174 valence electrons. The molecule has 2 heterocycles. The van der Waals surface area contributed by atoms with Crippen LogP contribution in [0.3, 0.4) is 0 Å². The molecule has 0 aromatic rings. The number of rotatable bonds is 15. The molecule has 2 aliphatic rings. The number of nitrogens with zero attached hydrogens (tertiary/aromatic N) is 2. The Kier molecular flexibility index (Phi) is 13.7. The molecule has 30 heavy (non-hydrogen) atoms. The van der Waals surface area contributed by atoms with E-state index in [0.717, 1.165) is 104 Å². The summed E-state index contributed by atoms with van der Waals surface area (Å²) < 4.78 is 21.2. The molecule has 0 radical (unpaired) electrons. The van der Waals surface area contributed by atoms with Gasteiger partial charge in [0.15, 0.2) is 0 Å². The van der Waals surface area contributed by atoms with E-state index in [4.69, 9.17) is 18.9 Å². The van der Waals surface area contributed by atoms with Crippen molar-refractivity contribution in [1.29, 1.82) is 0 Å². The summed E-state index contributed by atoms with van der Waals surface area (Å²) >= 11 is 0. The lowest BCUT2D eigenvalue weighted by Crippen LogP contribution is -2.38. The Morgan fingerprint density at radius 1 is 0.600 bits per heavy atom. The van der Waals surface area contributed by atoms with Crippen LogP contribution in [0.1, 0.15) is 51.4 Å². The lowest BCUT2D eigenvalue weighted by Gasteiger charge is -2.26. The third kappa shape index (κ3) is 12.5. The van der Waals surface area contributed by atoms with Crippen LogP contribution in [0.15, 0.2) is 0 Å². The van der Waals surface area contributed by atoms with Crippen molar-refractivity contribution < 1.29 is 28.5 Å². The Hall–Kier alpha value is -1.22. The minimum absolute atomic E-state index is 0.0944. The van der Waals surface area contributed by atoms with Gasteiger partial charge >= 0.3 is 11.9 Å². The largest absolute Gasteiger partial charge is 0.464 e. The average Bonchev–Trinajstić information content (AvgIpc) is 2.77. The van der Waals surface area contributed by atoms with Gasteiger partial charge in [0.2, 0.25) is 0 Å². The molecule has 8 heteroatoms. The van der Waals surface area contributed by atoms with Crippen LogP contribution in [-0.2, 0) is 28.5 Å². The summed E-state index contributed by atoms with van der Waals surface area (Å²) in [6, 6.07) is 0. The molecule has 0 aromatic carbocycles. The fraction of sp³-hybridized carbons (Fsp3) is 0.909. The fourth-order valence-electron chi connectivity index (χ4n) is 3.62. The number of carbonyl (C=O) groups excluding carboxylic acids is 2. The molecule has 0 unspecified atom stereocenters. The van der Waals surface area contributed by atoms with Crippen molar-refractivity contribution in [1.82, 2.24) is 9.80 Å². The summed E-state index contributed by atoms with van der Waals surface area (Å²) in [5.41, 5.74) is 0. The van der Waals surface area contributed by atoms with E-state index in [1.54, 1.807) is 0 Å². The van der Waals surface area contributed by atoms with Gasteiger partial charge in [0.25, 0.3) is 0 Å². The van der Waals surface area contributed by atoms with Crippen molar-refractivity contribution in [3.05, 3.63) is 0 Å². The molecule has 0 aromatic heterocycles. The van der Waals surface area contributed by atoms with Gasteiger partial charge < -0.3 is 18.9 Å². The fourth-order valence-corrected chi connectivity index (χ4v) is 3.62. The maximum Gasteiger partial charge on any atom is 0.305 e. The zero-order chi connectivity index (χ0) is 21.3. The zero-order valence-corrected chi connectivity index (χ0v) is 18.5. The molecule has 0 N–H and O–H groups in total. The third-order valence-corrected chi connectivity index (χ3v) is 5.56. The zero-order valence-electron chi connectivity index (χ0n) is 18.5. The average molecular weight is 429 g/mol. The second-order valence-electron chi connectivity index (χ2n) is 7.97. The van der Waals surface area contributed by atoms with Gasteiger partial charge in [-0.3, -0.25) is 19.4 Å². The monoisotopic (exact) mass is 428 g/mol. The minimum atomic E-state index is -0.0944. The minimum Gasteiger partial charge on any atom is -0.464 e. The first-order chi connectivity index (χ1) is 14.7. The van der Waals surface area contributed by atoms with Crippen molar-refractivity contribution in [2.45, 2.75) is 51.4 Å². The van der Waals surface area contributed by atoms with Crippen LogP contribution >= 0.6 is 0 Å². The maximum absolute atomic E-state index is 11.8. The third-order valence-electron chi connectivity index (χ3n) is 5.56. The molecular weight excluding hydrogens is 388 g/mol. The van der Waals surface area contributed by atoms with Crippen molar-refractivity contribution in [2.24, 2.45) is 0 Å². The highest BCUT2D eigenvalue weighted by molar-refractivity contribution is 5.69. The highest BCUT2D eigenvalue weighted by atomic mass is 16.5. The predicted octanol–water partition coefficient (Wildman–Crippen LogP) is 1.86. The van der Waals surface area contributed by atoms with Gasteiger partial charge in [-0.25, -0.2) is 0 Å². The number of esters is 2. The van der Waals surface area contributed by atoms with E-state index in [9.17, 15) is 9.59 Å².